The Labute approximate surface area is 203 Å². The number of nitrogens with one attached hydrogen (secondary N) is 1. The van der Waals surface area contributed by atoms with Crippen LogP contribution in [0.5, 0.6) is 5.75 Å². The molecule has 1 saturated heterocycles. The summed E-state index contributed by atoms with van der Waals surface area (Å²) in [4.78, 5) is 16.4. The van der Waals surface area contributed by atoms with Crippen LogP contribution < -0.4 is 15.0 Å². The van der Waals surface area contributed by atoms with Crippen LogP contribution in [-0.2, 0) is 6.42 Å². The zero-order valence-electron chi connectivity index (χ0n) is 18.9. The second kappa shape index (κ2) is 8.65. The van der Waals surface area contributed by atoms with Crippen molar-refractivity contribution in [2.45, 2.75) is 25.2 Å². The third kappa shape index (κ3) is 3.76. The molecular formula is C26H25ClN6O. The van der Waals surface area contributed by atoms with Gasteiger partial charge in [0.15, 0.2) is 0 Å². The van der Waals surface area contributed by atoms with Crippen molar-refractivity contribution in [2.75, 3.05) is 30.4 Å². The van der Waals surface area contributed by atoms with Crippen LogP contribution in [0.4, 0.5) is 17.5 Å². The lowest BCUT2D eigenvalue weighted by molar-refractivity contribution is 0.413. The molecule has 2 aromatic heterocycles. The van der Waals surface area contributed by atoms with E-state index in [1.165, 1.54) is 17.5 Å². The van der Waals surface area contributed by atoms with Gasteiger partial charge in [-0.3, -0.25) is 0 Å². The zero-order valence-corrected chi connectivity index (χ0v) is 19.7. The number of rotatable bonds is 6. The van der Waals surface area contributed by atoms with Gasteiger partial charge in [0, 0.05) is 42.5 Å². The molecule has 6 rings (SSSR count). The van der Waals surface area contributed by atoms with Gasteiger partial charge in [-0.2, -0.15) is 4.98 Å². The van der Waals surface area contributed by atoms with Gasteiger partial charge in [0.25, 0.3) is 0 Å². The lowest BCUT2D eigenvalue weighted by Crippen LogP contribution is -2.38. The van der Waals surface area contributed by atoms with Crippen LogP contribution in [0.1, 0.15) is 35.6 Å². The fraction of sp³-hybridized carbons (Fsp3) is 0.269. The summed E-state index contributed by atoms with van der Waals surface area (Å²) < 4.78 is 7.48. The van der Waals surface area contributed by atoms with Crippen LogP contribution >= 0.6 is 11.6 Å². The molecule has 0 radical (unpaired) electrons. The maximum atomic E-state index is 6.00. The molecule has 1 N–H and O–H groups in total. The van der Waals surface area contributed by atoms with E-state index in [0.29, 0.717) is 22.8 Å². The molecule has 1 atom stereocenters. The van der Waals surface area contributed by atoms with Gasteiger partial charge < -0.3 is 19.5 Å². The van der Waals surface area contributed by atoms with E-state index in [0.717, 1.165) is 48.8 Å². The summed E-state index contributed by atoms with van der Waals surface area (Å²) in [5, 5.41) is 3.86. The minimum absolute atomic E-state index is 0.294. The fourth-order valence-corrected chi connectivity index (χ4v) is 4.97. The van der Waals surface area contributed by atoms with Gasteiger partial charge >= 0.3 is 0 Å². The summed E-state index contributed by atoms with van der Waals surface area (Å²) >= 11 is 6.00. The summed E-state index contributed by atoms with van der Waals surface area (Å²) in [6.07, 6.45) is 6.70. The van der Waals surface area contributed by atoms with Crippen molar-refractivity contribution in [2.24, 2.45) is 0 Å². The second-order valence-corrected chi connectivity index (χ2v) is 9.08. The first-order valence-electron chi connectivity index (χ1n) is 11.6. The van der Waals surface area contributed by atoms with Gasteiger partial charge in [-0.1, -0.05) is 41.9 Å². The van der Waals surface area contributed by atoms with Gasteiger partial charge in [-0.15, -0.1) is 0 Å². The largest absolute Gasteiger partial charge is 0.494 e. The molecular weight excluding hydrogens is 448 g/mol. The normalized spacial score (nSPS) is 16.8. The molecule has 8 heteroatoms. The van der Waals surface area contributed by atoms with Crippen molar-refractivity contribution in [3.05, 3.63) is 83.0 Å². The van der Waals surface area contributed by atoms with E-state index in [9.17, 15) is 0 Å². The number of nitrogens with zero attached hydrogens (tertiary/aromatic N) is 5. The van der Waals surface area contributed by atoms with Crippen molar-refractivity contribution in [1.82, 2.24) is 19.5 Å². The number of ether oxygens (including phenoxy) is 1. The molecule has 3 heterocycles. The Kier molecular flexibility index (Phi) is 5.34. The summed E-state index contributed by atoms with van der Waals surface area (Å²) in [6, 6.07) is 16.6. The topological polar surface area (TPSA) is 68.1 Å². The second-order valence-electron chi connectivity index (χ2n) is 8.69. The van der Waals surface area contributed by atoms with Crippen molar-refractivity contribution in [1.29, 1.82) is 0 Å². The molecule has 7 nitrogen and oxygen atoms in total. The number of anilines is 3. The van der Waals surface area contributed by atoms with E-state index in [2.05, 4.69) is 45.5 Å². The Morgan fingerprint density at radius 1 is 1.09 bits per heavy atom. The molecule has 4 aromatic rings. The van der Waals surface area contributed by atoms with E-state index in [-0.39, 0.29) is 0 Å². The molecule has 1 fully saturated rings. The maximum absolute atomic E-state index is 6.00. The van der Waals surface area contributed by atoms with Gasteiger partial charge in [0.1, 0.15) is 23.0 Å². The van der Waals surface area contributed by atoms with E-state index in [1.54, 1.807) is 19.6 Å². The standard InChI is InChI=1S/C26H25ClN6O/c1-34-22-14-18(8-11-21(22)33-15-23(27)28-16-33)29-26-30-24-19(17-6-3-2-4-7-17)9-10-20(24)25(31-26)32-12-5-13-32/h2-4,6-8,11,14-16,19H,5,9-10,12-13H2,1H3,(H,29,30,31)/t19-/m0/s1. The van der Waals surface area contributed by atoms with Crippen molar-refractivity contribution < 1.29 is 4.74 Å². The van der Waals surface area contributed by atoms with Gasteiger partial charge in [-0.05, 0) is 37.0 Å². The van der Waals surface area contributed by atoms with Crippen LogP contribution in [-0.4, -0.2) is 39.7 Å². The molecule has 0 unspecified atom stereocenters. The number of aromatic nitrogens is 4. The number of imidazole rings is 1. The SMILES string of the molecule is COc1cc(Nc2nc3c(c(N4CCC4)n2)CC[C@H]3c2ccccc2)ccc1-n1cnc(Cl)c1. The number of hydrogen-bond acceptors (Lipinski definition) is 6. The van der Waals surface area contributed by atoms with E-state index < -0.39 is 0 Å². The predicted molar refractivity (Wildman–Crippen MR) is 134 cm³/mol. The Morgan fingerprint density at radius 3 is 2.65 bits per heavy atom. The molecule has 0 amide bonds. The molecule has 0 bridgehead atoms. The summed E-state index contributed by atoms with van der Waals surface area (Å²) in [5.74, 6) is 2.69. The fourth-order valence-electron chi connectivity index (χ4n) is 4.83. The highest BCUT2D eigenvalue weighted by atomic mass is 35.5. The molecule has 0 saturated carbocycles. The van der Waals surface area contributed by atoms with Gasteiger partial charge in [0.05, 0.1) is 18.5 Å². The van der Waals surface area contributed by atoms with E-state index in [4.69, 9.17) is 26.3 Å². The highest BCUT2D eigenvalue weighted by molar-refractivity contribution is 6.29. The smallest absolute Gasteiger partial charge is 0.229 e. The molecule has 2 aliphatic rings. The van der Waals surface area contributed by atoms with Gasteiger partial charge in [-0.25, -0.2) is 9.97 Å². The van der Waals surface area contributed by atoms with Crippen molar-refractivity contribution >= 4 is 29.1 Å². The van der Waals surface area contributed by atoms with Crippen molar-refractivity contribution in [3.63, 3.8) is 0 Å². The third-order valence-electron chi connectivity index (χ3n) is 6.65. The third-order valence-corrected chi connectivity index (χ3v) is 6.85. The Bertz CT molecular complexity index is 1330. The summed E-state index contributed by atoms with van der Waals surface area (Å²) in [5.41, 5.74) is 5.46. The summed E-state index contributed by atoms with van der Waals surface area (Å²) in [6.45, 7) is 2.10. The average Bonchev–Trinajstić information content (AvgIpc) is 3.45. The number of benzene rings is 2. The van der Waals surface area contributed by atoms with Crippen LogP contribution in [0.3, 0.4) is 0 Å². The maximum Gasteiger partial charge on any atom is 0.229 e. The number of hydrogen-bond donors (Lipinski definition) is 1. The lowest BCUT2D eigenvalue weighted by atomic mass is 9.97. The van der Waals surface area contributed by atoms with Crippen LogP contribution in [0.25, 0.3) is 5.69 Å². The highest BCUT2D eigenvalue weighted by Crippen LogP contribution is 2.42. The number of fused-ring (bicyclic) bond motifs is 1. The zero-order chi connectivity index (χ0) is 23.1. The molecule has 172 valence electrons. The minimum atomic E-state index is 0.294. The molecule has 2 aromatic carbocycles. The molecule has 1 aliphatic heterocycles. The first kappa shape index (κ1) is 21.0. The molecule has 1 aliphatic carbocycles. The first-order valence-corrected chi connectivity index (χ1v) is 11.9. The van der Waals surface area contributed by atoms with Crippen LogP contribution in [0.15, 0.2) is 61.1 Å². The Morgan fingerprint density at radius 2 is 1.94 bits per heavy atom. The monoisotopic (exact) mass is 472 g/mol. The quantitative estimate of drug-likeness (QED) is 0.407. The van der Waals surface area contributed by atoms with Crippen LogP contribution in [0.2, 0.25) is 5.15 Å². The first-order chi connectivity index (χ1) is 16.7. The minimum Gasteiger partial charge on any atom is -0.494 e. The van der Waals surface area contributed by atoms with E-state index in [1.807, 2.05) is 22.8 Å². The van der Waals surface area contributed by atoms with Crippen molar-refractivity contribution in [3.8, 4) is 11.4 Å². The predicted octanol–water partition coefficient (Wildman–Crippen LogP) is 5.36. The number of halogens is 1. The Hall–Kier alpha value is -3.58. The molecule has 34 heavy (non-hydrogen) atoms. The van der Waals surface area contributed by atoms with Crippen LogP contribution in [0, 0.1) is 0 Å². The summed E-state index contributed by atoms with van der Waals surface area (Å²) in [7, 11) is 1.65. The highest BCUT2D eigenvalue weighted by Gasteiger charge is 2.32. The van der Waals surface area contributed by atoms with E-state index >= 15 is 0 Å². The number of methoxy groups -OCH3 is 1. The average molecular weight is 473 g/mol. The Balaban J connectivity index is 1.36. The molecule has 0 spiro atoms. The lowest BCUT2D eigenvalue weighted by Gasteiger charge is -2.33. The van der Waals surface area contributed by atoms with Gasteiger partial charge in [0.2, 0.25) is 5.95 Å².